The van der Waals surface area contributed by atoms with Crippen LogP contribution in [0.15, 0.2) is 64.0 Å². The molecule has 6 heteroatoms. The van der Waals surface area contributed by atoms with E-state index in [1.165, 1.54) is 6.20 Å². The molecule has 116 valence electrons. The summed E-state index contributed by atoms with van der Waals surface area (Å²) in [7, 11) is 0. The highest BCUT2D eigenvalue weighted by Gasteiger charge is 2.17. The Hall–Kier alpha value is -2.47. The number of anilines is 1. The second-order valence-corrected chi connectivity index (χ2v) is 6.06. The highest BCUT2D eigenvalue weighted by Crippen LogP contribution is 2.18. The van der Waals surface area contributed by atoms with Crippen molar-refractivity contribution in [2.24, 2.45) is 0 Å². The van der Waals surface area contributed by atoms with Crippen LogP contribution in [0.3, 0.4) is 0 Å². The van der Waals surface area contributed by atoms with Crippen molar-refractivity contribution in [3.05, 3.63) is 69.4 Å². The van der Waals surface area contributed by atoms with E-state index in [1.54, 1.807) is 29.8 Å². The maximum absolute atomic E-state index is 12.5. The standard InChI is InChI=1S/C17H14BrN3O2/c1-11(17(23)20-13-8-6-12(18)7-9-13)21-15-5-3-2-4-14(15)16(22)10-19-21/h2-11H,1H3,(H,20,23)/t11-/m1/s1. The second kappa shape index (κ2) is 6.34. The summed E-state index contributed by atoms with van der Waals surface area (Å²) in [5, 5.41) is 7.51. The van der Waals surface area contributed by atoms with Gasteiger partial charge in [0, 0.05) is 15.5 Å². The Labute approximate surface area is 141 Å². The van der Waals surface area contributed by atoms with E-state index >= 15 is 0 Å². The summed E-state index contributed by atoms with van der Waals surface area (Å²) in [6, 6.07) is 13.9. The highest BCUT2D eigenvalue weighted by atomic mass is 79.9. The monoisotopic (exact) mass is 371 g/mol. The Morgan fingerprint density at radius 3 is 2.61 bits per heavy atom. The van der Waals surface area contributed by atoms with Crippen LogP contribution in [0.5, 0.6) is 0 Å². The molecule has 2 aromatic carbocycles. The van der Waals surface area contributed by atoms with Gasteiger partial charge in [-0.2, -0.15) is 5.10 Å². The first-order valence-electron chi connectivity index (χ1n) is 7.09. The molecule has 23 heavy (non-hydrogen) atoms. The van der Waals surface area contributed by atoms with Gasteiger partial charge in [0.15, 0.2) is 0 Å². The molecule has 5 nitrogen and oxygen atoms in total. The van der Waals surface area contributed by atoms with Crippen molar-refractivity contribution in [3.63, 3.8) is 0 Å². The molecule has 0 bridgehead atoms. The molecule has 0 fully saturated rings. The SMILES string of the molecule is C[C@H](C(=O)Nc1ccc(Br)cc1)n1ncc(=O)c2ccccc21. The van der Waals surface area contributed by atoms with Crippen molar-refractivity contribution in [1.82, 2.24) is 9.78 Å². The van der Waals surface area contributed by atoms with Crippen LogP contribution in [0.2, 0.25) is 0 Å². The third-order valence-electron chi connectivity index (χ3n) is 3.57. The van der Waals surface area contributed by atoms with Crippen LogP contribution in [-0.2, 0) is 4.79 Å². The van der Waals surface area contributed by atoms with Crippen LogP contribution in [0.4, 0.5) is 5.69 Å². The summed E-state index contributed by atoms with van der Waals surface area (Å²) in [5.74, 6) is -0.200. The van der Waals surface area contributed by atoms with Gasteiger partial charge in [-0.05, 0) is 43.3 Å². The van der Waals surface area contributed by atoms with Crippen molar-refractivity contribution in [3.8, 4) is 0 Å². The average molecular weight is 372 g/mol. The predicted octanol–water partition coefficient (Wildman–Crippen LogP) is 3.36. The maximum Gasteiger partial charge on any atom is 0.248 e. The van der Waals surface area contributed by atoms with Crippen molar-refractivity contribution in [2.75, 3.05) is 5.32 Å². The third-order valence-corrected chi connectivity index (χ3v) is 4.10. The van der Waals surface area contributed by atoms with Crippen LogP contribution in [-0.4, -0.2) is 15.7 Å². The molecule has 1 aromatic heterocycles. The first-order chi connectivity index (χ1) is 11.1. The minimum Gasteiger partial charge on any atom is -0.324 e. The minimum atomic E-state index is -0.552. The van der Waals surface area contributed by atoms with Crippen molar-refractivity contribution in [2.45, 2.75) is 13.0 Å². The van der Waals surface area contributed by atoms with Gasteiger partial charge in [0.1, 0.15) is 6.04 Å². The van der Waals surface area contributed by atoms with Gasteiger partial charge in [-0.25, -0.2) is 0 Å². The number of nitrogens with one attached hydrogen (secondary N) is 1. The minimum absolute atomic E-state index is 0.155. The number of hydrogen-bond acceptors (Lipinski definition) is 3. The lowest BCUT2D eigenvalue weighted by Gasteiger charge is -2.16. The first-order valence-corrected chi connectivity index (χ1v) is 7.88. The zero-order valence-corrected chi connectivity index (χ0v) is 13.9. The Kier molecular flexibility index (Phi) is 4.25. The van der Waals surface area contributed by atoms with Crippen LogP contribution in [0, 0.1) is 0 Å². The van der Waals surface area contributed by atoms with Gasteiger partial charge in [-0.1, -0.05) is 28.1 Å². The molecule has 3 aromatic rings. The lowest BCUT2D eigenvalue weighted by atomic mass is 10.2. The van der Waals surface area contributed by atoms with Gasteiger partial charge in [0.05, 0.1) is 11.7 Å². The topological polar surface area (TPSA) is 64.0 Å². The Bertz CT molecular complexity index is 919. The number of rotatable bonds is 3. The number of hydrogen-bond donors (Lipinski definition) is 1. The van der Waals surface area contributed by atoms with Crippen molar-refractivity contribution >= 4 is 38.4 Å². The lowest BCUT2D eigenvalue weighted by Crippen LogP contribution is -2.26. The summed E-state index contributed by atoms with van der Waals surface area (Å²) in [6.45, 7) is 1.75. The van der Waals surface area contributed by atoms with Gasteiger partial charge < -0.3 is 5.32 Å². The third kappa shape index (κ3) is 3.17. The Morgan fingerprint density at radius 1 is 1.17 bits per heavy atom. The number of carbonyl (C=O) groups is 1. The smallest absolute Gasteiger partial charge is 0.248 e. The number of para-hydroxylation sites is 1. The van der Waals surface area contributed by atoms with Gasteiger partial charge in [-0.3, -0.25) is 14.3 Å². The number of fused-ring (bicyclic) bond motifs is 1. The number of benzene rings is 2. The molecule has 0 saturated heterocycles. The molecule has 1 atom stereocenters. The summed E-state index contributed by atoms with van der Waals surface area (Å²) >= 11 is 3.35. The zero-order chi connectivity index (χ0) is 16.4. The molecule has 1 heterocycles. The van der Waals surface area contributed by atoms with Gasteiger partial charge in [-0.15, -0.1) is 0 Å². The molecule has 0 aliphatic rings. The summed E-state index contributed by atoms with van der Waals surface area (Å²) in [6.07, 6.45) is 1.24. The van der Waals surface area contributed by atoms with Gasteiger partial charge in [0.25, 0.3) is 0 Å². The highest BCUT2D eigenvalue weighted by molar-refractivity contribution is 9.10. The van der Waals surface area contributed by atoms with Crippen LogP contribution in [0.1, 0.15) is 13.0 Å². The molecule has 1 amide bonds. The number of aromatic nitrogens is 2. The molecular formula is C17H14BrN3O2. The quantitative estimate of drug-likeness (QED) is 0.767. The van der Waals surface area contributed by atoms with E-state index in [0.29, 0.717) is 16.6 Å². The molecule has 0 aliphatic carbocycles. The Morgan fingerprint density at radius 2 is 1.87 bits per heavy atom. The van der Waals surface area contributed by atoms with Crippen LogP contribution in [0.25, 0.3) is 10.9 Å². The molecule has 1 N–H and O–H groups in total. The fraction of sp³-hybridized carbons (Fsp3) is 0.118. The van der Waals surface area contributed by atoms with Crippen LogP contribution >= 0.6 is 15.9 Å². The molecule has 0 unspecified atom stereocenters. The fourth-order valence-corrected chi connectivity index (χ4v) is 2.59. The Balaban J connectivity index is 1.92. The maximum atomic E-state index is 12.5. The lowest BCUT2D eigenvalue weighted by molar-refractivity contribution is -0.119. The van der Waals surface area contributed by atoms with E-state index in [0.717, 1.165) is 4.47 Å². The molecule has 3 rings (SSSR count). The second-order valence-electron chi connectivity index (χ2n) is 5.14. The number of amides is 1. The van der Waals surface area contributed by atoms with Gasteiger partial charge >= 0.3 is 0 Å². The number of halogens is 1. The fourth-order valence-electron chi connectivity index (χ4n) is 2.33. The van der Waals surface area contributed by atoms with Crippen molar-refractivity contribution < 1.29 is 4.79 Å². The average Bonchev–Trinajstić information content (AvgIpc) is 2.57. The van der Waals surface area contributed by atoms with Gasteiger partial charge in [0.2, 0.25) is 11.3 Å². The van der Waals surface area contributed by atoms with E-state index in [2.05, 4.69) is 26.3 Å². The van der Waals surface area contributed by atoms with E-state index in [4.69, 9.17) is 0 Å². The predicted molar refractivity (Wildman–Crippen MR) is 93.5 cm³/mol. The molecule has 0 spiro atoms. The van der Waals surface area contributed by atoms with E-state index in [9.17, 15) is 9.59 Å². The molecular weight excluding hydrogens is 358 g/mol. The summed E-state index contributed by atoms with van der Waals surface area (Å²) in [5.41, 5.74) is 1.19. The van der Waals surface area contributed by atoms with E-state index in [-0.39, 0.29) is 11.3 Å². The molecule has 0 radical (unpaired) electrons. The molecule has 0 aliphatic heterocycles. The normalized spacial score (nSPS) is 12.1. The van der Waals surface area contributed by atoms with Crippen LogP contribution < -0.4 is 10.7 Å². The van der Waals surface area contributed by atoms with E-state index < -0.39 is 6.04 Å². The summed E-state index contributed by atoms with van der Waals surface area (Å²) < 4.78 is 2.50. The number of nitrogens with zero attached hydrogens (tertiary/aromatic N) is 2. The first kappa shape index (κ1) is 15.4. The molecule has 0 saturated carbocycles. The number of carbonyl (C=O) groups excluding carboxylic acids is 1. The zero-order valence-electron chi connectivity index (χ0n) is 12.4. The van der Waals surface area contributed by atoms with E-state index in [1.807, 2.05) is 30.3 Å². The largest absolute Gasteiger partial charge is 0.324 e. The summed E-state index contributed by atoms with van der Waals surface area (Å²) in [4.78, 5) is 24.3. The van der Waals surface area contributed by atoms with Crippen molar-refractivity contribution in [1.29, 1.82) is 0 Å².